The predicted molar refractivity (Wildman–Crippen MR) is 98.5 cm³/mol. The van der Waals surface area contributed by atoms with Crippen molar-refractivity contribution in [1.82, 2.24) is 0 Å². The number of carbonyl (C=O) groups is 3. The lowest BCUT2D eigenvalue weighted by Gasteiger charge is -2.11. The molecule has 0 amide bonds. The van der Waals surface area contributed by atoms with Crippen LogP contribution in [0.3, 0.4) is 0 Å². The van der Waals surface area contributed by atoms with Gasteiger partial charge in [0.25, 0.3) is 0 Å². The molecule has 2 aromatic rings. The van der Waals surface area contributed by atoms with Gasteiger partial charge in [0.2, 0.25) is 0 Å². The molecule has 27 heavy (non-hydrogen) atoms. The summed E-state index contributed by atoms with van der Waals surface area (Å²) in [6, 6.07) is 8.04. The standard InChI is InChI=1S/C21H18O6/c1-25-19-9-14(17(10-20(19)26-2)11-21(24)27-3)7-8-18-15(12-22)5-4-6-16(18)13-23/h4-6,9-10,12-13H,11H2,1-3H3. The zero-order chi connectivity index (χ0) is 19.8. The van der Waals surface area contributed by atoms with Crippen LogP contribution in [0, 0.1) is 11.8 Å². The van der Waals surface area contributed by atoms with Crippen LogP contribution in [-0.4, -0.2) is 39.9 Å². The molecule has 0 aliphatic carbocycles. The lowest BCUT2D eigenvalue weighted by atomic mass is 10.00. The van der Waals surface area contributed by atoms with Gasteiger partial charge < -0.3 is 14.2 Å². The van der Waals surface area contributed by atoms with Gasteiger partial charge in [-0.05, 0) is 17.7 Å². The third kappa shape index (κ3) is 4.53. The summed E-state index contributed by atoms with van der Waals surface area (Å²) in [7, 11) is 4.27. The van der Waals surface area contributed by atoms with Crippen molar-refractivity contribution >= 4 is 18.5 Å². The second kappa shape index (κ2) is 9.20. The van der Waals surface area contributed by atoms with E-state index in [0.29, 0.717) is 51.9 Å². The van der Waals surface area contributed by atoms with Crippen molar-refractivity contribution in [1.29, 1.82) is 0 Å². The molecule has 0 saturated heterocycles. The van der Waals surface area contributed by atoms with Crippen LogP contribution in [0.4, 0.5) is 0 Å². The molecule has 0 radical (unpaired) electrons. The normalized spacial score (nSPS) is 9.59. The smallest absolute Gasteiger partial charge is 0.310 e. The second-order valence-corrected chi connectivity index (χ2v) is 5.41. The molecule has 138 valence electrons. The minimum Gasteiger partial charge on any atom is -0.493 e. The fourth-order valence-corrected chi connectivity index (χ4v) is 2.47. The maximum atomic E-state index is 11.7. The van der Waals surface area contributed by atoms with E-state index in [9.17, 15) is 14.4 Å². The lowest BCUT2D eigenvalue weighted by molar-refractivity contribution is -0.139. The molecule has 0 N–H and O–H groups in total. The maximum Gasteiger partial charge on any atom is 0.310 e. The number of benzene rings is 2. The Labute approximate surface area is 157 Å². The fraction of sp³-hybridized carbons (Fsp3) is 0.190. The van der Waals surface area contributed by atoms with Gasteiger partial charge in [0, 0.05) is 22.3 Å². The van der Waals surface area contributed by atoms with E-state index in [1.54, 1.807) is 30.3 Å². The Bertz CT molecular complexity index is 907. The average molecular weight is 366 g/mol. The first kappa shape index (κ1) is 19.7. The summed E-state index contributed by atoms with van der Waals surface area (Å²) in [6.45, 7) is 0. The number of hydrogen-bond acceptors (Lipinski definition) is 6. The summed E-state index contributed by atoms with van der Waals surface area (Å²) in [5.41, 5.74) is 2.00. The molecule has 2 rings (SSSR count). The second-order valence-electron chi connectivity index (χ2n) is 5.41. The minimum atomic E-state index is -0.438. The Hall–Kier alpha value is -3.59. The third-order valence-corrected chi connectivity index (χ3v) is 3.88. The summed E-state index contributed by atoms with van der Waals surface area (Å²) in [5, 5.41) is 0. The van der Waals surface area contributed by atoms with E-state index in [2.05, 4.69) is 11.8 Å². The van der Waals surface area contributed by atoms with Gasteiger partial charge in [-0.2, -0.15) is 0 Å². The molecule has 0 bridgehead atoms. The number of aldehydes is 2. The number of hydrogen-bond donors (Lipinski definition) is 0. The Morgan fingerprint density at radius 1 is 0.963 bits per heavy atom. The van der Waals surface area contributed by atoms with Crippen LogP contribution < -0.4 is 9.47 Å². The Morgan fingerprint density at radius 3 is 2.07 bits per heavy atom. The van der Waals surface area contributed by atoms with E-state index < -0.39 is 5.97 Å². The monoisotopic (exact) mass is 366 g/mol. The quantitative estimate of drug-likeness (QED) is 0.444. The van der Waals surface area contributed by atoms with Gasteiger partial charge in [-0.3, -0.25) is 14.4 Å². The maximum absolute atomic E-state index is 11.7. The molecule has 0 aliphatic rings. The van der Waals surface area contributed by atoms with Gasteiger partial charge in [-0.1, -0.05) is 30.0 Å². The van der Waals surface area contributed by atoms with Crippen molar-refractivity contribution in [3.05, 3.63) is 58.1 Å². The molecule has 0 fully saturated rings. The summed E-state index contributed by atoms with van der Waals surface area (Å²) in [6.07, 6.45) is 1.26. The minimum absolute atomic E-state index is 0.0171. The largest absolute Gasteiger partial charge is 0.493 e. The first-order chi connectivity index (χ1) is 13.1. The number of carbonyl (C=O) groups excluding carboxylic acids is 3. The van der Waals surface area contributed by atoms with Gasteiger partial charge in [0.15, 0.2) is 24.1 Å². The highest BCUT2D eigenvalue weighted by molar-refractivity contribution is 5.88. The first-order valence-corrected chi connectivity index (χ1v) is 7.95. The molecule has 0 atom stereocenters. The molecule has 0 spiro atoms. The molecule has 0 unspecified atom stereocenters. The number of esters is 1. The Balaban J connectivity index is 2.63. The van der Waals surface area contributed by atoms with Gasteiger partial charge >= 0.3 is 5.97 Å². The summed E-state index contributed by atoms with van der Waals surface area (Å²) < 4.78 is 15.3. The van der Waals surface area contributed by atoms with E-state index >= 15 is 0 Å². The van der Waals surface area contributed by atoms with E-state index in [4.69, 9.17) is 14.2 Å². The Kier molecular flexibility index (Phi) is 6.73. The number of ether oxygens (including phenoxy) is 3. The summed E-state index contributed by atoms with van der Waals surface area (Å²) in [4.78, 5) is 34.2. The lowest BCUT2D eigenvalue weighted by Crippen LogP contribution is -2.07. The van der Waals surface area contributed by atoms with Crippen molar-refractivity contribution in [3.8, 4) is 23.3 Å². The van der Waals surface area contributed by atoms with Crippen LogP contribution >= 0.6 is 0 Å². The summed E-state index contributed by atoms with van der Waals surface area (Å²) >= 11 is 0. The van der Waals surface area contributed by atoms with Gasteiger partial charge in [0.1, 0.15) is 0 Å². The van der Waals surface area contributed by atoms with Crippen molar-refractivity contribution in [2.24, 2.45) is 0 Å². The SMILES string of the molecule is COC(=O)Cc1cc(OC)c(OC)cc1C#Cc1c(C=O)cccc1C=O. The van der Waals surface area contributed by atoms with Crippen molar-refractivity contribution < 1.29 is 28.6 Å². The van der Waals surface area contributed by atoms with Crippen LogP contribution in [0.15, 0.2) is 30.3 Å². The molecular formula is C21H18O6. The highest BCUT2D eigenvalue weighted by atomic mass is 16.5. The van der Waals surface area contributed by atoms with Crippen molar-refractivity contribution in [3.63, 3.8) is 0 Å². The average Bonchev–Trinajstić information content (AvgIpc) is 2.71. The first-order valence-electron chi connectivity index (χ1n) is 7.95. The van der Waals surface area contributed by atoms with E-state index in [1.165, 1.54) is 21.3 Å². The molecule has 6 nitrogen and oxygen atoms in total. The molecule has 0 aliphatic heterocycles. The molecular weight excluding hydrogens is 348 g/mol. The topological polar surface area (TPSA) is 78.9 Å². The zero-order valence-corrected chi connectivity index (χ0v) is 15.2. The van der Waals surface area contributed by atoms with Crippen molar-refractivity contribution in [2.45, 2.75) is 6.42 Å². The van der Waals surface area contributed by atoms with Crippen molar-refractivity contribution in [2.75, 3.05) is 21.3 Å². The van der Waals surface area contributed by atoms with Crippen LogP contribution in [-0.2, 0) is 16.0 Å². The molecule has 0 saturated carbocycles. The fourth-order valence-electron chi connectivity index (χ4n) is 2.47. The summed E-state index contributed by atoms with van der Waals surface area (Å²) in [5.74, 6) is 6.23. The van der Waals surface area contributed by atoms with E-state index in [-0.39, 0.29) is 6.42 Å². The number of rotatable bonds is 6. The van der Waals surface area contributed by atoms with E-state index in [1.807, 2.05) is 0 Å². The van der Waals surface area contributed by atoms with Crippen LogP contribution in [0.5, 0.6) is 11.5 Å². The highest BCUT2D eigenvalue weighted by Crippen LogP contribution is 2.30. The van der Waals surface area contributed by atoms with Gasteiger partial charge in [-0.15, -0.1) is 0 Å². The molecule has 0 heterocycles. The Morgan fingerprint density at radius 2 is 1.56 bits per heavy atom. The highest BCUT2D eigenvalue weighted by Gasteiger charge is 2.14. The van der Waals surface area contributed by atoms with Gasteiger partial charge in [-0.25, -0.2) is 0 Å². The van der Waals surface area contributed by atoms with E-state index in [0.717, 1.165) is 0 Å². The number of methoxy groups -OCH3 is 3. The van der Waals surface area contributed by atoms with Crippen LogP contribution in [0.1, 0.15) is 37.4 Å². The molecule has 6 heteroatoms. The third-order valence-electron chi connectivity index (χ3n) is 3.88. The zero-order valence-electron chi connectivity index (χ0n) is 15.2. The molecule has 2 aromatic carbocycles. The molecule has 0 aromatic heterocycles. The predicted octanol–water partition coefficient (Wildman–Crippen LogP) is 2.44. The van der Waals surface area contributed by atoms with Crippen LogP contribution in [0.2, 0.25) is 0 Å². The van der Waals surface area contributed by atoms with Gasteiger partial charge in [0.05, 0.1) is 27.8 Å². The van der Waals surface area contributed by atoms with Crippen LogP contribution in [0.25, 0.3) is 0 Å².